The SMILES string of the molecule is CN1c2ccccc2N(S(C)(=O)=O)c2ccccc21. The first kappa shape index (κ1) is 12.0. The summed E-state index contributed by atoms with van der Waals surface area (Å²) in [6.07, 6.45) is 1.23. The van der Waals surface area contributed by atoms with E-state index in [2.05, 4.69) is 0 Å². The molecule has 0 fully saturated rings. The van der Waals surface area contributed by atoms with E-state index in [9.17, 15) is 8.42 Å². The summed E-state index contributed by atoms with van der Waals surface area (Å²) in [4.78, 5) is 2.01. The van der Waals surface area contributed by atoms with E-state index < -0.39 is 10.0 Å². The standard InChI is InChI=1S/C14H14N2O2S/c1-15-11-7-3-5-9-13(11)16(19(2,17)18)14-10-6-4-8-12(14)15/h3-10H,1-2H3. The molecular formula is C14H14N2O2S. The van der Waals surface area contributed by atoms with Crippen LogP contribution in [0.3, 0.4) is 0 Å². The summed E-state index contributed by atoms with van der Waals surface area (Å²) in [5.41, 5.74) is 3.13. The van der Waals surface area contributed by atoms with Crippen molar-refractivity contribution in [2.45, 2.75) is 0 Å². The van der Waals surface area contributed by atoms with Crippen LogP contribution in [-0.2, 0) is 10.0 Å². The van der Waals surface area contributed by atoms with Crippen LogP contribution in [0.25, 0.3) is 0 Å². The first-order valence-corrected chi connectivity index (χ1v) is 7.77. The van der Waals surface area contributed by atoms with Gasteiger partial charge in [0, 0.05) is 7.05 Å². The minimum Gasteiger partial charge on any atom is -0.341 e. The number of fused-ring (bicyclic) bond motifs is 2. The molecule has 1 aliphatic rings. The van der Waals surface area contributed by atoms with Gasteiger partial charge < -0.3 is 4.90 Å². The van der Waals surface area contributed by atoms with E-state index in [-0.39, 0.29) is 0 Å². The number of nitrogens with zero attached hydrogens (tertiary/aromatic N) is 2. The molecule has 0 saturated heterocycles. The Kier molecular flexibility index (Phi) is 2.53. The lowest BCUT2D eigenvalue weighted by Crippen LogP contribution is -2.31. The number of sulfonamides is 1. The van der Waals surface area contributed by atoms with E-state index in [4.69, 9.17) is 0 Å². The average molecular weight is 274 g/mol. The summed E-state index contributed by atoms with van der Waals surface area (Å²) < 4.78 is 25.7. The molecule has 0 spiro atoms. The number of anilines is 4. The van der Waals surface area contributed by atoms with Crippen molar-refractivity contribution < 1.29 is 8.42 Å². The molecule has 3 rings (SSSR count). The minimum atomic E-state index is -3.37. The van der Waals surface area contributed by atoms with E-state index >= 15 is 0 Å². The maximum absolute atomic E-state index is 12.1. The summed E-state index contributed by atoms with van der Waals surface area (Å²) in [5, 5.41) is 0. The zero-order chi connectivity index (χ0) is 13.6. The summed E-state index contributed by atoms with van der Waals surface area (Å²) in [6, 6.07) is 15.0. The van der Waals surface area contributed by atoms with Crippen LogP contribution in [0.2, 0.25) is 0 Å². The molecule has 0 radical (unpaired) electrons. The van der Waals surface area contributed by atoms with Crippen molar-refractivity contribution in [3.63, 3.8) is 0 Å². The van der Waals surface area contributed by atoms with Gasteiger partial charge in [0.05, 0.1) is 29.0 Å². The quantitative estimate of drug-likeness (QED) is 0.803. The van der Waals surface area contributed by atoms with Crippen LogP contribution in [0.5, 0.6) is 0 Å². The van der Waals surface area contributed by atoms with Crippen molar-refractivity contribution in [3.05, 3.63) is 48.5 Å². The molecule has 0 bridgehead atoms. The van der Waals surface area contributed by atoms with Gasteiger partial charge in [0.2, 0.25) is 10.0 Å². The fourth-order valence-corrected chi connectivity index (χ4v) is 3.48. The highest BCUT2D eigenvalue weighted by Crippen LogP contribution is 2.47. The van der Waals surface area contributed by atoms with Crippen molar-refractivity contribution in [2.75, 3.05) is 22.5 Å². The van der Waals surface area contributed by atoms with Crippen LogP contribution in [0.1, 0.15) is 0 Å². The first-order chi connectivity index (χ1) is 9.00. The molecule has 4 nitrogen and oxygen atoms in total. The van der Waals surface area contributed by atoms with Crippen LogP contribution < -0.4 is 9.21 Å². The molecular weight excluding hydrogens is 260 g/mol. The Balaban J connectivity index is 2.36. The third kappa shape index (κ3) is 1.77. The highest BCUT2D eigenvalue weighted by molar-refractivity contribution is 7.92. The average Bonchev–Trinajstić information content (AvgIpc) is 2.38. The second-order valence-corrected chi connectivity index (χ2v) is 6.40. The summed E-state index contributed by atoms with van der Waals surface area (Å²) in [5.74, 6) is 0. The van der Waals surface area contributed by atoms with E-state index in [1.807, 2.05) is 60.5 Å². The molecule has 5 heteroatoms. The number of para-hydroxylation sites is 4. The van der Waals surface area contributed by atoms with Gasteiger partial charge in [0.15, 0.2) is 0 Å². The molecule has 2 aromatic carbocycles. The Morgan fingerprint density at radius 3 is 1.53 bits per heavy atom. The molecule has 1 heterocycles. The van der Waals surface area contributed by atoms with E-state index in [0.29, 0.717) is 11.4 Å². The normalized spacial score (nSPS) is 14.0. The molecule has 0 unspecified atom stereocenters. The molecule has 1 aliphatic heterocycles. The van der Waals surface area contributed by atoms with Crippen molar-refractivity contribution in [2.24, 2.45) is 0 Å². The highest BCUT2D eigenvalue weighted by atomic mass is 32.2. The van der Waals surface area contributed by atoms with Crippen LogP contribution in [-0.4, -0.2) is 21.7 Å². The van der Waals surface area contributed by atoms with Gasteiger partial charge in [-0.2, -0.15) is 0 Å². The molecule has 98 valence electrons. The van der Waals surface area contributed by atoms with Crippen LogP contribution in [0, 0.1) is 0 Å². The number of rotatable bonds is 1. The zero-order valence-corrected chi connectivity index (χ0v) is 11.6. The van der Waals surface area contributed by atoms with Gasteiger partial charge in [0.25, 0.3) is 0 Å². The molecule has 0 amide bonds. The van der Waals surface area contributed by atoms with Crippen LogP contribution in [0.15, 0.2) is 48.5 Å². The van der Waals surface area contributed by atoms with Gasteiger partial charge >= 0.3 is 0 Å². The molecule has 0 N–H and O–H groups in total. The second-order valence-electron chi connectivity index (χ2n) is 4.56. The van der Waals surface area contributed by atoms with E-state index in [1.165, 1.54) is 10.6 Å². The van der Waals surface area contributed by atoms with E-state index in [1.54, 1.807) is 0 Å². The Morgan fingerprint density at radius 2 is 1.16 bits per heavy atom. The smallest absolute Gasteiger partial charge is 0.236 e. The molecule has 0 aliphatic carbocycles. The van der Waals surface area contributed by atoms with Crippen LogP contribution in [0.4, 0.5) is 22.7 Å². The lowest BCUT2D eigenvalue weighted by atomic mass is 10.1. The Hall–Kier alpha value is -2.01. The molecule has 0 saturated carbocycles. The third-order valence-electron chi connectivity index (χ3n) is 3.26. The fourth-order valence-electron chi connectivity index (χ4n) is 2.46. The van der Waals surface area contributed by atoms with E-state index in [0.717, 1.165) is 11.4 Å². The second kappa shape index (κ2) is 3.99. The topological polar surface area (TPSA) is 40.6 Å². The highest BCUT2D eigenvalue weighted by Gasteiger charge is 2.31. The molecule has 2 aromatic rings. The lowest BCUT2D eigenvalue weighted by molar-refractivity contribution is 0.602. The van der Waals surface area contributed by atoms with Gasteiger partial charge in [-0.25, -0.2) is 12.7 Å². The lowest BCUT2D eigenvalue weighted by Gasteiger charge is -2.36. The van der Waals surface area contributed by atoms with Gasteiger partial charge in [-0.05, 0) is 24.3 Å². The van der Waals surface area contributed by atoms with Crippen molar-refractivity contribution >= 4 is 32.8 Å². The van der Waals surface area contributed by atoms with Gasteiger partial charge in [-0.3, -0.25) is 0 Å². The predicted molar refractivity (Wildman–Crippen MR) is 77.9 cm³/mol. The number of hydrogen-bond acceptors (Lipinski definition) is 3. The predicted octanol–water partition coefficient (Wildman–Crippen LogP) is 2.87. The molecule has 0 aromatic heterocycles. The summed E-state index contributed by atoms with van der Waals surface area (Å²) >= 11 is 0. The Bertz CT molecular complexity index is 693. The molecule has 19 heavy (non-hydrogen) atoms. The van der Waals surface area contributed by atoms with Gasteiger partial charge in [0.1, 0.15) is 0 Å². The monoisotopic (exact) mass is 274 g/mol. The maximum Gasteiger partial charge on any atom is 0.236 e. The van der Waals surface area contributed by atoms with Gasteiger partial charge in [-0.1, -0.05) is 24.3 Å². The minimum absolute atomic E-state index is 0.686. The van der Waals surface area contributed by atoms with Gasteiger partial charge in [-0.15, -0.1) is 0 Å². The largest absolute Gasteiger partial charge is 0.341 e. The third-order valence-corrected chi connectivity index (χ3v) is 4.31. The van der Waals surface area contributed by atoms with Crippen molar-refractivity contribution in [1.82, 2.24) is 0 Å². The number of benzene rings is 2. The Labute approximate surface area is 112 Å². The first-order valence-electron chi connectivity index (χ1n) is 5.92. The Morgan fingerprint density at radius 1 is 0.789 bits per heavy atom. The number of hydrogen-bond donors (Lipinski definition) is 0. The molecule has 0 atom stereocenters. The zero-order valence-electron chi connectivity index (χ0n) is 10.7. The van der Waals surface area contributed by atoms with Crippen molar-refractivity contribution in [1.29, 1.82) is 0 Å². The van der Waals surface area contributed by atoms with Crippen molar-refractivity contribution in [3.8, 4) is 0 Å². The summed E-state index contributed by atoms with van der Waals surface area (Å²) in [7, 11) is -1.43. The van der Waals surface area contributed by atoms with Crippen LogP contribution >= 0.6 is 0 Å². The maximum atomic E-state index is 12.1. The summed E-state index contributed by atoms with van der Waals surface area (Å²) in [6.45, 7) is 0. The fraction of sp³-hybridized carbons (Fsp3) is 0.143.